The average molecular weight is 313 g/mol. The van der Waals surface area contributed by atoms with Crippen molar-refractivity contribution in [2.45, 2.75) is 11.1 Å². The molecule has 0 radical (unpaired) electrons. The highest BCUT2D eigenvalue weighted by Gasteiger charge is 2.21. The van der Waals surface area contributed by atoms with Crippen LogP contribution in [-0.2, 0) is 10.0 Å². The predicted octanol–water partition coefficient (Wildman–Crippen LogP) is 2.89. The van der Waals surface area contributed by atoms with Crippen molar-refractivity contribution in [3.05, 3.63) is 40.0 Å². The quantitative estimate of drug-likeness (QED) is 0.887. The van der Waals surface area contributed by atoms with Gasteiger partial charge >= 0.3 is 0 Å². The van der Waals surface area contributed by atoms with E-state index in [1.54, 1.807) is 31.2 Å². The molecule has 7 heteroatoms. The molecule has 4 nitrogen and oxygen atoms in total. The van der Waals surface area contributed by atoms with Gasteiger partial charge in [0.2, 0.25) is 0 Å². The molecule has 0 fully saturated rings. The van der Waals surface area contributed by atoms with E-state index in [0.29, 0.717) is 16.9 Å². The zero-order valence-corrected chi connectivity index (χ0v) is 12.2. The molecule has 0 saturated heterocycles. The standard InChI is InChI=1S/C12H9ClN2O2S2/c1-3-9-5-4-6-10(7-9)15-19(16,17)11-8(2)14-12(13)18-11/h1,4-7,15H,2H3. The van der Waals surface area contributed by atoms with Crippen LogP contribution >= 0.6 is 22.9 Å². The van der Waals surface area contributed by atoms with Crippen molar-refractivity contribution in [3.8, 4) is 12.3 Å². The minimum absolute atomic E-state index is 0.101. The van der Waals surface area contributed by atoms with Crippen LogP contribution in [0.4, 0.5) is 5.69 Å². The van der Waals surface area contributed by atoms with Crippen molar-refractivity contribution >= 4 is 38.6 Å². The fraction of sp³-hybridized carbons (Fsp3) is 0.0833. The number of halogens is 1. The van der Waals surface area contributed by atoms with Gasteiger partial charge in [0.25, 0.3) is 10.0 Å². The third-order valence-corrected chi connectivity index (χ3v) is 5.51. The van der Waals surface area contributed by atoms with E-state index in [0.717, 1.165) is 11.3 Å². The molecule has 0 saturated carbocycles. The Morgan fingerprint density at radius 2 is 2.21 bits per heavy atom. The lowest BCUT2D eigenvalue weighted by Crippen LogP contribution is -2.12. The van der Waals surface area contributed by atoms with Crippen molar-refractivity contribution in [2.24, 2.45) is 0 Å². The van der Waals surface area contributed by atoms with E-state index in [2.05, 4.69) is 15.6 Å². The van der Waals surface area contributed by atoms with Crippen molar-refractivity contribution in [3.63, 3.8) is 0 Å². The molecule has 19 heavy (non-hydrogen) atoms. The third kappa shape index (κ3) is 3.07. The number of aryl methyl sites for hydroxylation is 1. The summed E-state index contributed by atoms with van der Waals surface area (Å²) in [5.74, 6) is 2.44. The molecule has 0 spiro atoms. The van der Waals surface area contributed by atoms with Crippen LogP contribution in [-0.4, -0.2) is 13.4 Å². The SMILES string of the molecule is C#Cc1cccc(NS(=O)(=O)c2sc(Cl)nc2C)c1. The van der Waals surface area contributed by atoms with E-state index in [-0.39, 0.29) is 8.68 Å². The maximum atomic E-state index is 12.2. The highest BCUT2D eigenvalue weighted by Crippen LogP contribution is 2.28. The van der Waals surface area contributed by atoms with Crippen LogP contribution in [0.15, 0.2) is 28.5 Å². The monoisotopic (exact) mass is 312 g/mol. The third-order valence-electron chi connectivity index (χ3n) is 2.25. The number of hydrogen-bond donors (Lipinski definition) is 1. The number of thiazole rings is 1. The first-order valence-corrected chi connectivity index (χ1v) is 7.82. The van der Waals surface area contributed by atoms with Crippen LogP contribution in [0.2, 0.25) is 4.47 Å². The fourth-order valence-electron chi connectivity index (χ4n) is 1.47. The van der Waals surface area contributed by atoms with Crippen LogP contribution in [0, 0.1) is 19.3 Å². The summed E-state index contributed by atoms with van der Waals surface area (Å²) in [4.78, 5) is 3.89. The van der Waals surface area contributed by atoms with Gasteiger partial charge in [-0.25, -0.2) is 13.4 Å². The molecule has 0 bridgehead atoms. The molecule has 0 aliphatic carbocycles. The summed E-state index contributed by atoms with van der Waals surface area (Å²) in [7, 11) is -3.70. The number of terminal acetylenes is 1. The van der Waals surface area contributed by atoms with Crippen LogP contribution in [0.1, 0.15) is 11.3 Å². The number of sulfonamides is 1. The summed E-state index contributed by atoms with van der Waals surface area (Å²) in [5.41, 5.74) is 1.37. The molecule has 0 atom stereocenters. The molecule has 0 aliphatic rings. The van der Waals surface area contributed by atoms with E-state index in [9.17, 15) is 8.42 Å². The number of benzene rings is 1. The Kier molecular flexibility index (Phi) is 3.80. The maximum Gasteiger partial charge on any atom is 0.273 e. The largest absolute Gasteiger partial charge is 0.279 e. The summed E-state index contributed by atoms with van der Waals surface area (Å²) in [6.07, 6.45) is 5.27. The van der Waals surface area contributed by atoms with Crippen LogP contribution < -0.4 is 4.72 Å². The Hall–Kier alpha value is -1.55. The molecule has 0 aliphatic heterocycles. The van der Waals surface area contributed by atoms with E-state index in [1.165, 1.54) is 0 Å². The van der Waals surface area contributed by atoms with Gasteiger partial charge in [0, 0.05) is 5.56 Å². The normalized spacial score (nSPS) is 11.0. The summed E-state index contributed by atoms with van der Waals surface area (Å²) in [6.45, 7) is 1.59. The highest BCUT2D eigenvalue weighted by atomic mass is 35.5. The number of nitrogens with one attached hydrogen (secondary N) is 1. The topological polar surface area (TPSA) is 59.1 Å². The van der Waals surface area contributed by atoms with E-state index < -0.39 is 10.0 Å². The molecule has 1 aromatic heterocycles. The van der Waals surface area contributed by atoms with E-state index in [4.69, 9.17) is 18.0 Å². The van der Waals surface area contributed by atoms with Crippen molar-refractivity contribution in [1.82, 2.24) is 4.98 Å². The van der Waals surface area contributed by atoms with Gasteiger partial charge in [0.1, 0.15) is 0 Å². The predicted molar refractivity (Wildman–Crippen MR) is 77.0 cm³/mol. The van der Waals surface area contributed by atoms with Crippen LogP contribution in [0.25, 0.3) is 0 Å². The second kappa shape index (κ2) is 5.21. The summed E-state index contributed by atoms with van der Waals surface area (Å²) >= 11 is 6.63. The zero-order valence-electron chi connectivity index (χ0n) is 9.84. The van der Waals surface area contributed by atoms with Gasteiger partial charge in [0.05, 0.1) is 11.4 Å². The Morgan fingerprint density at radius 3 is 2.79 bits per heavy atom. The second-order valence-corrected chi connectivity index (χ2v) is 7.13. The van der Waals surface area contributed by atoms with E-state index in [1.807, 2.05) is 0 Å². The molecule has 1 aromatic carbocycles. The summed E-state index contributed by atoms with van der Waals surface area (Å²) in [5, 5.41) is 0. The number of anilines is 1. The molecule has 2 aromatic rings. The van der Waals surface area contributed by atoms with Gasteiger partial charge in [-0.3, -0.25) is 4.72 Å². The number of rotatable bonds is 3. The maximum absolute atomic E-state index is 12.2. The Balaban J connectivity index is 2.37. The molecular weight excluding hydrogens is 304 g/mol. The van der Waals surface area contributed by atoms with Gasteiger partial charge in [-0.2, -0.15) is 0 Å². The molecule has 1 N–H and O–H groups in total. The highest BCUT2D eigenvalue weighted by molar-refractivity contribution is 7.94. The smallest absolute Gasteiger partial charge is 0.273 e. The summed E-state index contributed by atoms with van der Waals surface area (Å²) < 4.78 is 27.1. The molecular formula is C12H9ClN2O2S2. The Morgan fingerprint density at radius 1 is 1.47 bits per heavy atom. The second-order valence-electron chi connectivity index (χ2n) is 3.67. The molecule has 1 heterocycles. The number of nitrogens with zero attached hydrogens (tertiary/aromatic N) is 1. The van der Waals surface area contributed by atoms with Gasteiger partial charge < -0.3 is 0 Å². The number of aromatic nitrogens is 1. The lowest BCUT2D eigenvalue weighted by atomic mass is 10.2. The molecule has 98 valence electrons. The molecule has 0 unspecified atom stereocenters. The Labute approximate surface area is 120 Å². The van der Waals surface area contributed by atoms with E-state index >= 15 is 0 Å². The fourth-order valence-corrected chi connectivity index (χ4v) is 4.26. The van der Waals surface area contributed by atoms with Gasteiger partial charge in [-0.1, -0.05) is 34.9 Å². The van der Waals surface area contributed by atoms with Crippen molar-refractivity contribution in [1.29, 1.82) is 0 Å². The van der Waals surface area contributed by atoms with Gasteiger partial charge in [-0.05, 0) is 25.1 Å². The minimum Gasteiger partial charge on any atom is -0.279 e. The van der Waals surface area contributed by atoms with Crippen LogP contribution in [0.5, 0.6) is 0 Å². The molecule has 2 rings (SSSR count). The van der Waals surface area contributed by atoms with Gasteiger partial charge in [0.15, 0.2) is 8.68 Å². The average Bonchev–Trinajstić information content (AvgIpc) is 2.69. The first kappa shape index (κ1) is 13.9. The lowest BCUT2D eigenvalue weighted by Gasteiger charge is -2.06. The van der Waals surface area contributed by atoms with Crippen molar-refractivity contribution < 1.29 is 8.42 Å². The minimum atomic E-state index is -3.70. The van der Waals surface area contributed by atoms with Crippen LogP contribution in [0.3, 0.4) is 0 Å². The zero-order chi connectivity index (χ0) is 14.0. The number of hydrogen-bond acceptors (Lipinski definition) is 4. The van der Waals surface area contributed by atoms with Crippen molar-refractivity contribution in [2.75, 3.05) is 4.72 Å². The molecule has 0 amide bonds. The summed E-state index contributed by atoms with van der Waals surface area (Å²) in [6, 6.07) is 6.60. The van der Waals surface area contributed by atoms with Gasteiger partial charge in [-0.15, -0.1) is 6.42 Å². The Bertz CT molecular complexity index is 760. The first-order valence-electron chi connectivity index (χ1n) is 5.15. The first-order chi connectivity index (χ1) is 8.92. The lowest BCUT2D eigenvalue weighted by molar-refractivity contribution is 0.602.